The smallest absolute Gasteiger partial charge is 0.338 e. The van der Waals surface area contributed by atoms with E-state index in [4.69, 9.17) is 9.47 Å². The zero-order chi connectivity index (χ0) is 24.2. The van der Waals surface area contributed by atoms with Crippen LogP contribution in [0.4, 0.5) is 5.69 Å². The highest BCUT2D eigenvalue weighted by atomic mass is 16.6. The number of carbonyl (C=O) groups excluding carboxylic acids is 1. The van der Waals surface area contributed by atoms with Crippen LogP contribution in [0, 0.1) is 32.8 Å². The van der Waals surface area contributed by atoms with Crippen molar-refractivity contribution in [2.75, 3.05) is 0 Å². The van der Waals surface area contributed by atoms with Crippen LogP contribution < -0.4 is 0 Å². The van der Waals surface area contributed by atoms with Gasteiger partial charge in [-0.15, -0.1) is 6.58 Å². The number of rotatable bonds is 4. The number of nitro benzene ring substituents is 1. The SMILES string of the molecule is C=C[C@@]1(C)CC[C@H]2[C@]3(C)CC[C@@H](OC(=O)c4ccc([N+](=O)[O-])cc4)C(C)(C)[C@H]3CC[C@]2(C)O1. The summed E-state index contributed by atoms with van der Waals surface area (Å²) in [6.07, 6.45) is 7.71. The van der Waals surface area contributed by atoms with E-state index in [0.29, 0.717) is 17.4 Å². The summed E-state index contributed by atoms with van der Waals surface area (Å²) in [7, 11) is 0. The quantitative estimate of drug-likeness (QED) is 0.224. The molecule has 1 saturated heterocycles. The molecule has 6 nitrogen and oxygen atoms in total. The van der Waals surface area contributed by atoms with Gasteiger partial charge in [0.05, 0.1) is 21.7 Å². The molecule has 33 heavy (non-hydrogen) atoms. The second-order valence-electron chi connectivity index (χ2n) is 11.7. The molecular formula is C27H37NO5. The molecule has 0 spiro atoms. The Morgan fingerprint density at radius 3 is 2.30 bits per heavy atom. The Labute approximate surface area is 196 Å². The van der Waals surface area contributed by atoms with Crippen LogP contribution in [-0.4, -0.2) is 28.2 Å². The van der Waals surface area contributed by atoms with E-state index < -0.39 is 10.9 Å². The molecule has 0 amide bonds. The van der Waals surface area contributed by atoms with E-state index >= 15 is 0 Å². The largest absolute Gasteiger partial charge is 0.458 e. The summed E-state index contributed by atoms with van der Waals surface area (Å²) in [5.41, 5.74) is -0.163. The van der Waals surface area contributed by atoms with Crippen LogP contribution in [0.25, 0.3) is 0 Å². The Morgan fingerprint density at radius 1 is 1.06 bits per heavy atom. The molecule has 0 bridgehead atoms. The lowest BCUT2D eigenvalue weighted by atomic mass is 9.44. The highest BCUT2D eigenvalue weighted by Crippen LogP contribution is 2.66. The first kappa shape index (κ1) is 23.9. The average Bonchev–Trinajstić information content (AvgIpc) is 2.75. The van der Waals surface area contributed by atoms with Crippen molar-refractivity contribution in [3.8, 4) is 0 Å². The third kappa shape index (κ3) is 3.90. The maximum absolute atomic E-state index is 12.9. The van der Waals surface area contributed by atoms with Gasteiger partial charge < -0.3 is 9.47 Å². The van der Waals surface area contributed by atoms with Gasteiger partial charge in [0.25, 0.3) is 5.69 Å². The number of nitro groups is 1. The minimum absolute atomic E-state index is 0.0344. The third-order valence-electron chi connectivity index (χ3n) is 9.32. The molecule has 3 fully saturated rings. The number of carbonyl (C=O) groups is 1. The van der Waals surface area contributed by atoms with Gasteiger partial charge in [-0.25, -0.2) is 4.79 Å². The van der Waals surface area contributed by atoms with E-state index in [9.17, 15) is 14.9 Å². The number of fused-ring (bicyclic) bond motifs is 3. The van der Waals surface area contributed by atoms with E-state index in [-0.39, 0.29) is 33.8 Å². The van der Waals surface area contributed by atoms with Crippen LogP contribution in [0.5, 0.6) is 0 Å². The standard InChI is InChI=1S/C27H37NO5/c1-7-25(4)15-12-21-26(5)16-14-22(24(2,3)20(26)13-17-27(21,6)33-25)32-23(29)18-8-10-19(11-9-18)28(30)31/h7-11,20-22H,1,12-17H2,2-6H3/t20-,21+,22-,25+,26-,27+/m1/s1. The van der Waals surface area contributed by atoms with Gasteiger partial charge in [0.1, 0.15) is 6.10 Å². The van der Waals surface area contributed by atoms with Crippen LogP contribution in [0.1, 0.15) is 83.5 Å². The first-order valence-corrected chi connectivity index (χ1v) is 12.1. The average molecular weight is 456 g/mol. The fraction of sp³-hybridized carbons (Fsp3) is 0.667. The topological polar surface area (TPSA) is 78.7 Å². The van der Waals surface area contributed by atoms with Gasteiger partial charge in [0.15, 0.2) is 0 Å². The van der Waals surface area contributed by atoms with Crippen LogP contribution in [-0.2, 0) is 9.47 Å². The number of non-ortho nitro benzene ring substituents is 1. The summed E-state index contributed by atoms with van der Waals surface area (Å²) in [6, 6.07) is 5.65. The minimum Gasteiger partial charge on any atom is -0.458 e. The molecule has 3 aliphatic rings. The molecule has 1 aliphatic heterocycles. The Bertz CT molecular complexity index is 956. The van der Waals surface area contributed by atoms with Crippen molar-refractivity contribution in [3.05, 3.63) is 52.6 Å². The molecule has 0 radical (unpaired) electrons. The molecular weight excluding hydrogens is 418 g/mol. The van der Waals surface area contributed by atoms with E-state index in [0.717, 1.165) is 38.5 Å². The van der Waals surface area contributed by atoms with Crippen molar-refractivity contribution in [2.45, 2.75) is 90.4 Å². The molecule has 2 saturated carbocycles. The van der Waals surface area contributed by atoms with Gasteiger partial charge in [0.2, 0.25) is 0 Å². The predicted octanol–water partition coefficient (Wildman–Crippen LogP) is 6.49. The first-order valence-electron chi connectivity index (χ1n) is 12.1. The van der Waals surface area contributed by atoms with Crippen molar-refractivity contribution >= 4 is 11.7 Å². The van der Waals surface area contributed by atoms with Gasteiger partial charge >= 0.3 is 5.97 Å². The van der Waals surface area contributed by atoms with Crippen LogP contribution in [0.2, 0.25) is 0 Å². The Balaban J connectivity index is 1.53. The highest BCUT2D eigenvalue weighted by Gasteiger charge is 2.63. The Hall–Kier alpha value is -2.21. The van der Waals surface area contributed by atoms with E-state index in [1.54, 1.807) is 0 Å². The lowest BCUT2D eigenvalue weighted by Crippen LogP contribution is -2.64. The zero-order valence-electron chi connectivity index (χ0n) is 20.6. The van der Waals surface area contributed by atoms with Gasteiger partial charge in [-0.2, -0.15) is 0 Å². The molecule has 0 N–H and O–H groups in total. The van der Waals surface area contributed by atoms with Crippen molar-refractivity contribution in [2.24, 2.45) is 22.7 Å². The second-order valence-corrected chi connectivity index (χ2v) is 11.7. The summed E-state index contributed by atoms with van der Waals surface area (Å²) in [6.45, 7) is 15.4. The molecule has 180 valence electrons. The Kier molecular flexibility index (Phi) is 5.75. The molecule has 6 atom stereocenters. The molecule has 1 aromatic rings. The maximum atomic E-state index is 12.9. The normalized spacial score (nSPS) is 39.6. The number of benzene rings is 1. The van der Waals surface area contributed by atoms with E-state index in [1.807, 2.05) is 6.08 Å². The monoisotopic (exact) mass is 455 g/mol. The lowest BCUT2D eigenvalue weighted by Gasteiger charge is -2.66. The molecule has 6 heteroatoms. The maximum Gasteiger partial charge on any atom is 0.338 e. The number of hydrogen-bond donors (Lipinski definition) is 0. The number of hydrogen-bond acceptors (Lipinski definition) is 5. The van der Waals surface area contributed by atoms with Gasteiger partial charge in [0, 0.05) is 17.5 Å². The minimum atomic E-state index is -0.469. The number of ether oxygens (including phenoxy) is 2. The summed E-state index contributed by atoms with van der Waals surface area (Å²) >= 11 is 0. The van der Waals surface area contributed by atoms with Gasteiger partial charge in [-0.1, -0.05) is 26.8 Å². The zero-order valence-corrected chi connectivity index (χ0v) is 20.6. The van der Waals surface area contributed by atoms with Gasteiger partial charge in [-0.05, 0) is 81.8 Å². The third-order valence-corrected chi connectivity index (χ3v) is 9.32. The van der Waals surface area contributed by atoms with Crippen LogP contribution in [0.15, 0.2) is 36.9 Å². The summed E-state index contributed by atoms with van der Waals surface area (Å²) < 4.78 is 12.8. The van der Waals surface area contributed by atoms with Crippen molar-refractivity contribution in [1.29, 1.82) is 0 Å². The molecule has 0 aromatic heterocycles. The number of nitrogens with zero attached hydrogens (tertiary/aromatic N) is 1. The highest BCUT2D eigenvalue weighted by molar-refractivity contribution is 5.89. The van der Waals surface area contributed by atoms with E-state index in [2.05, 4.69) is 41.2 Å². The predicted molar refractivity (Wildman–Crippen MR) is 127 cm³/mol. The summed E-state index contributed by atoms with van der Waals surface area (Å²) in [4.78, 5) is 23.3. The van der Waals surface area contributed by atoms with Crippen LogP contribution >= 0.6 is 0 Å². The number of esters is 1. The van der Waals surface area contributed by atoms with Gasteiger partial charge in [-0.3, -0.25) is 10.1 Å². The molecule has 1 aromatic carbocycles. The van der Waals surface area contributed by atoms with Crippen molar-refractivity contribution in [3.63, 3.8) is 0 Å². The molecule has 4 rings (SSSR count). The molecule has 0 unspecified atom stereocenters. The fourth-order valence-corrected chi connectivity index (χ4v) is 7.53. The summed E-state index contributed by atoms with van der Waals surface area (Å²) in [5, 5.41) is 10.9. The molecule has 2 aliphatic carbocycles. The van der Waals surface area contributed by atoms with Crippen LogP contribution in [0.3, 0.4) is 0 Å². The van der Waals surface area contributed by atoms with Crippen molar-refractivity contribution < 1.29 is 19.2 Å². The lowest BCUT2D eigenvalue weighted by molar-refractivity contribution is -0.384. The fourth-order valence-electron chi connectivity index (χ4n) is 7.53. The van der Waals surface area contributed by atoms with Crippen molar-refractivity contribution in [1.82, 2.24) is 0 Å². The van der Waals surface area contributed by atoms with E-state index in [1.165, 1.54) is 24.3 Å². The summed E-state index contributed by atoms with van der Waals surface area (Å²) in [5.74, 6) is 0.473. The Morgan fingerprint density at radius 2 is 1.70 bits per heavy atom. The molecule has 1 heterocycles. The second kappa shape index (κ2) is 7.93. The first-order chi connectivity index (χ1) is 15.3.